The van der Waals surface area contributed by atoms with Gasteiger partial charge in [0.1, 0.15) is 5.75 Å². The van der Waals surface area contributed by atoms with Crippen LogP contribution in [0.2, 0.25) is 0 Å². The third-order valence-corrected chi connectivity index (χ3v) is 6.38. The number of guanidine groups is 1. The lowest BCUT2D eigenvalue weighted by Crippen LogP contribution is -2.49. The molecule has 1 fully saturated rings. The van der Waals surface area contributed by atoms with Crippen LogP contribution in [-0.4, -0.2) is 49.1 Å². The highest BCUT2D eigenvalue weighted by atomic mass is 16.3. The largest absolute Gasteiger partial charge is 0.508 e. The maximum Gasteiger partial charge on any atom is 0.230 e. The number of nitrogens with one attached hydrogen (secondary N) is 2. The Hall–Kier alpha value is -2.24. The van der Waals surface area contributed by atoms with E-state index in [9.17, 15) is 9.90 Å². The first-order chi connectivity index (χ1) is 14.0. The summed E-state index contributed by atoms with van der Waals surface area (Å²) in [5.41, 5.74) is 3.22. The topological polar surface area (TPSA) is 77.0 Å². The molecule has 2 aliphatic carbocycles. The van der Waals surface area contributed by atoms with Crippen LogP contribution in [0.1, 0.15) is 62.1 Å². The maximum absolute atomic E-state index is 12.8. The third kappa shape index (κ3) is 4.85. The fourth-order valence-electron chi connectivity index (χ4n) is 4.81. The van der Waals surface area contributed by atoms with Gasteiger partial charge >= 0.3 is 0 Å². The second kappa shape index (κ2) is 9.51. The number of rotatable bonds is 6. The zero-order valence-electron chi connectivity index (χ0n) is 18.2. The molecular formula is C23H36N4O2. The van der Waals surface area contributed by atoms with Crippen molar-refractivity contribution in [3.63, 3.8) is 0 Å². The normalized spacial score (nSPS) is 18.2. The molecule has 0 unspecified atom stereocenters. The standard InChI is InChI=1S/C23H36N4O2/c1-4-24-22(26-16-23(13-7-8-14-23)21(29)27(2)3)25-15-19-18-10-6-5-9-17(18)11-12-20(19)28/h11-12,28H,4-10,13-16H2,1-3H3,(H2,24,25,26). The molecule has 0 heterocycles. The number of hydrogen-bond acceptors (Lipinski definition) is 3. The molecule has 2 aliphatic rings. The highest BCUT2D eigenvalue weighted by Crippen LogP contribution is 2.39. The van der Waals surface area contributed by atoms with Crippen LogP contribution in [0.15, 0.2) is 17.1 Å². The SMILES string of the molecule is CCNC(=NCc1c(O)ccc2c1CCCC2)NCC1(C(=O)N(C)C)CCCC1. The molecule has 1 aromatic rings. The molecule has 0 aromatic heterocycles. The Morgan fingerprint density at radius 2 is 1.86 bits per heavy atom. The summed E-state index contributed by atoms with van der Waals surface area (Å²) in [5.74, 6) is 1.24. The van der Waals surface area contributed by atoms with Gasteiger partial charge in [-0.25, -0.2) is 4.99 Å². The highest BCUT2D eigenvalue weighted by Gasteiger charge is 2.42. The van der Waals surface area contributed by atoms with Gasteiger partial charge in [-0.15, -0.1) is 0 Å². The number of phenolic OH excluding ortho intramolecular Hbond substituents is 1. The third-order valence-electron chi connectivity index (χ3n) is 6.38. The number of aliphatic imine (C=N–C) groups is 1. The molecule has 3 N–H and O–H groups in total. The van der Waals surface area contributed by atoms with E-state index in [1.54, 1.807) is 11.0 Å². The van der Waals surface area contributed by atoms with Crippen molar-refractivity contribution in [2.75, 3.05) is 27.2 Å². The Morgan fingerprint density at radius 1 is 1.14 bits per heavy atom. The molecule has 0 atom stereocenters. The molecule has 1 aromatic carbocycles. The van der Waals surface area contributed by atoms with Crippen LogP contribution >= 0.6 is 0 Å². The van der Waals surface area contributed by atoms with E-state index in [2.05, 4.69) is 16.7 Å². The van der Waals surface area contributed by atoms with E-state index in [0.717, 1.165) is 50.6 Å². The van der Waals surface area contributed by atoms with Crippen LogP contribution in [0, 0.1) is 5.41 Å². The predicted octanol–water partition coefficient (Wildman–Crippen LogP) is 2.97. The van der Waals surface area contributed by atoms with E-state index < -0.39 is 0 Å². The number of nitrogens with zero attached hydrogens (tertiary/aromatic N) is 2. The molecule has 160 valence electrons. The van der Waals surface area contributed by atoms with Crippen LogP contribution in [0.25, 0.3) is 0 Å². The van der Waals surface area contributed by atoms with Gasteiger partial charge in [-0.3, -0.25) is 4.79 Å². The first-order valence-electron chi connectivity index (χ1n) is 11.0. The number of aromatic hydroxyl groups is 1. The van der Waals surface area contributed by atoms with E-state index >= 15 is 0 Å². The minimum atomic E-state index is -0.340. The monoisotopic (exact) mass is 400 g/mol. The van der Waals surface area contributed by atoms with Crippen molar-refractivity contribution in [1.82, 2.24) is 15.5 Å². The zero-order valence-corrected chi connectivity index (χ0v) is 18.2. The molecule has 0 radical (unpaired) electrons. The lowest BCUT2D eigenvalue weighted by atomic mass is 9.84. The van der Waals surface area contributed by atoms with E-state index in [4.69, 9.17) is 4.99 Å². The van der Waals surface area contributed by atoms with Crippen LogP contribution in [0.3, 0.4) is 0 Å². The van der Waals surface area contributed by atoms with Gasteiger partial charge in [-0.1, -0.05) is 18.9 Å². The Morgan fingerprint density at radius 3 is 2.55 bits per heavy atom. The number of fused-ring (bicyclic) bond motifs is 1. The van der Waals surface area contributed by atoms with Crippen LogP contribution in [0.4, 0.5) is 0 Å². The Balaban J connectivity index is 1.75. The molecule has 6 heteroatoms. The molecule has 0 bridgehead atoms. The van der Waals surface area contributed by atoms with Crippen molar-refractivity contribution in [2.45, 2.75) is 64.8 Å². The average Bonchev–Trinajstić information content (AvgIpc) is 3.20. The van der Waals surface area contributed by atoms with Gasteiger partial charge in [0.25, 0.3) is 0 Å². The number of benzene rings is 1. The Labute approximate surface area is 174 Å². The van der Waals surface area contributed by atoms with E-state index in [1.807, 2.05) is 21.0 Å². The Bertz CT molecular complexity index is 751. The van der Waals surface area contributed by atoms with Gasteiger partial charge in [0.2, 0.25) is 5.91 Å². The predicted molar refractivity (Wildman–Crippen MR) is 117 cm³/mol. The summed E-state index contributed by atoms with van der Waals surface area (Å²) in [4.78, 5) is 19.3. The van der Waals surface area contributed by atoms with Gasteiger partial charge in [0, 0.05) is 32.7 Å². The second-order valence-corrected chi connectivity index (χ2v) is 8.64. The molecule has 1 saturated carbocycles. The van der Waals surface area contributed by atoms with E-state index in [0.29, 0.717) is 24.8 Å². The van der Waals surface area contributed by atoms with Gasteiger partial charge in [-0.05, 0) is 62.6 Å². The average molecular weight is 401 g/mol. The van der Waals surface area contributed by atoms with Crippen LogP contribution in [-0.2, 0) is 24.2 Å². The summed E-state index contributed by atoms with van der Waals surface area (Å²) < 4.78 is 0. The molecule has 1 amide bonds. The minimum absolute atomic E-state index is 0.202. The van der Waals surface area contributed by atoms with Crippen LogP contribution < -0.4 is 10.6 Å². The molecule has 6 nitrogen and oxygen atoms in total. The van der Waals surface area contributed by atoms with Crippen molar-refractivity contribution in [1.29, 1.82) is 0 Å². The fourth-order valence-corrected chi connectivity index (χ4v) is 4.81. The van der Waals surface area contributed by atoms with Gasteiger partial charge < -0.3 is 20.6 Å². The lowest BCUT2D eigenvalue weighted by Gasteiger charge is -2.31. The van der Waals surface area contributed by atoms with Gasteiger partial charge in [0.15, 0.2) is 5.96 Å². The summed E-state index contributed by atoms with van der Waals surface area (Å²) in [6, 6.07) is 3.86. The number of hydrogen-bond donors (Lipinski definition) is 3. The van der Waals surface area contributed by atoms with Crippen molar-refractivity contribution >= 4 is 11.9 Å². The number of carbonyl (C=O) groups excluding carboxylic acids is 1. The first-order valence-corrected chi connectivity index (χ1v) is 11.0. The van der Waals surface area contributed by atoms with Crippen molar-refractivity contribution in [2.24, 2.45) is 10.4 Å². The minimum Gasteiger partial charge on any atom is -0.508 e. The van der Waals surface area contributed by atoms with E-state index in [-0.39, 0.29) is 11.3 Å². The highest BCUT2D eigenvalue weighted by molar-refractivity contribution is 5.85. The maximum atomic E-state index is 12.8. The first kappa shape index (κ1) is 21.5. The zero-order chi connectivity index (χ0) is 20.9. The summed E-state index contributed by atoms with van der Waals surface area (Å²) >= 11 is 0. The van der Waals surface area contributed by atoms with Crippen LogP contribution in [0.5, 0.6) is 5.75 Å². The summed E-state index contributed by atoms with van der Waals surface area (Å²) in [5, 5.41) is 17.1. The van der Waals surface area contributed by atoms with Gasteiger partial charge in [-0.2, -0.15) is 0 Å². The van der Waals surface area contributed by atoms with Crippen molar-refractivity contribution in [3.05, 3.63) is 28.8 Å². The number of amides is 1. The molecule has 0 saturated heterocycles. The number of aryl methyl sites for hydroxylation is 1. The summed E-state index contributed by atoms with van der Waals surface area (Å²) in [7, 11) is 3.67. The summed E-state index contributed by atoms with van der Waals surface area (Å²) in [6.07, 6.45) is 8.51. The van der Waals surface area contributed by atoms with Crippen molar-refractivity contribution < 1.29 is 9.90 Å². The second-order valence-electron chi connectivity index (χ2n) is 8.64. The Kier molecular flexibility index (Phi) is 7.04. The number of carbonyl (C=O) groups is 1. The molecule has 29 heavy (non-hydrogen) atoms. The van der Waals surface area contributed by atoms with Gasteiger partial charge in [0.05, 0.1) is 12.0 Å². The smallest absolute Gasteiger partial charge is 0.230 e. The molecule has 0 aliphatic heterocycles. The molecule has 0 spiro atoms. The quantitative estimate of drug-likeness (QED) is 0.507. The lowest BCUT2D eigenvalue weighted by molar-refractivity contribution is -0.138. The fraction of sp³-hybridized carbons (Fsp3) is 0.652. The van der Waals surface area contributed by atoms with E-state index in [1.165, 1.54) is 24.0 Å². The molecular weight excluding hydrogens is 364 g/mol. The van der Waals surface area contributed by atoms with Crippen molar-refractivity contribution in [3.8, 4) is 5.75 Å². The number of phenols is 1. The molecule has 3 rings (SSSR count). The summed E-state index contributed by atoms with van der Waals surface area (Å²) in [6.45, 7) is 3.82.